The minimum Gasteiger partial charge on any atom is -0.482 e. The van der Waals surface area contributed by atoms with Crippen molar-refractivity contribution in [3.8, 4) is 5.75 Å². The fourth-order valence-electron chi connectivity index (χ4n) is 1.96. The van der Waals surface area contributed by atoms with Crippen LogP contribution in [0.5, 0.6) is 5.75 Å². The molecule has 1 aromatic carbocycles. The second-order valence-corrected chi connectivity index (χ2v) is 7.64. The van der Waals surface area contributed by atoms with Crippen LogP contribution in [0.15, 0.2) is 24.3 Å². The normalized spacial score (nSPS) is 12.6. The van der Waals surface area contributed by atoms with Gasteiger partial charge in [-0.25, -0.2) is 4.79 Å². The van der Waals surface area contributed by atoms with Crippen LogP contribution in [0.1, 0.15) is 40.2 Å². The lowest BCUT2D eigenvalue weighted by atomic mass is 10.0. The topological polar surface area (TPSA) is 52.6 Å². The Balaban J connectivity index is 2.47. The van der Waals surface area contributed by atoms with Gasteiger partial charge in [0.2, 0.25) is 0 Å². The minimum atomic E-state index is -0.510. The van der Waals surface area contributed by atoms with E-state index in [1.807, 2.05) is 58.9 Å². The van der Waals surface area contributed by atoms with Crippen molar-refractivity contribution in [2.75, 3.05) is 12.4 Å². The third-order valence-electron chi connectivity index (χ3n) is 2.93. The van der Waals surface area contributed by atoms with E-state index in [9.17, 15) is 9.59 Å². The van der Waals surface area contributed by atoms with Gasteiger partial charge in [-0.3, -0.25) is 4.79 Å². The number of rotatable bonds is 7. The van der Waals surface area contributed by atoms with Crippen molar-refractivity contribution in [2.45, 2.75) is 46.6 Å². The molecule has 0 aliphatic rings. The molecule has 0 amide bonds. The summed E-state index contributed by atoms with van der Waals surface area (Å²) in [5.41, 5.74) is 0.566. The lowest BCUT2D eigenvalue weighted by Gasteiger charge is -2.19. The molecule has 1 rings (SSSR count). The summed E-state index contributed by atoms with van der Waals surface area (Å²) in [6, 6.07) is 7.46. The average Bonchev–Trinajstić information content (AvgIpc) is 2.45. The van der Waals surface area contributed by atoms with Gasteiger partial charge in [-0.05, 0) is 50.6 Å². The van der Waals surface area contributed by atoms with E-state index in [0.717, 1.165) is 11.3 Å². The van der Waals surface area contributed by atoms with Gasteiger partial charge in [0, 0.05) is 5.92 Å². The molecule has 1 atom stereocenters. The van der Waals surface area contributed by atoms with E-state index in [0.29, 0.717) is 12.2 Å². The lowest BCUT2D eigenvalue weighted by Crippen LogP contribution is -2.27. The summed E-state index contributed by atoms with van der Waals surface area (Å²) in [7, 11) is 0. The van der Waals surface area contributed by atoms with E-state index in [2.05, 4.69) is 0 Å². The van der Waals surface area contributed by atoms with Crippen molar-refractivity contribution in [2.24, 2.45) is 5.92 Å². The smallest absolute Gasteiger partial charge is 0.344 e. The average molecular weight is 338 g/mol. The maximum Gasteiger partial charge on any atom is 0.344 e. The maximum atomic E-state index is 11.8. The predicted octanol–water partition coefficient (Wildman–Crippen LogP) is 3.87. The van der Waals surface area contributed by atoms with Crippen LogP contribution in [-0.4, -0.2) is 29.0 Å². The molecule has 0 heterocycles. The molecule has 0 radical (unpaired) electrons. The molecular weight excluding hydrogens is 312 g/mol. The van der Waals surface area contributed by atoms with Gasteiger partial charge in [0.25, 0.3) is 0 Å². The summed E-state index contributed by atoms with van der Waals surface area (Å²) in [5, 5.41) is 0.220. The highest BCUT2D eigenvalue weighted by atomic mass is 32.2. The molecule has 0 N–H and O–H groups in total. The van der Waals surface area contributed by atoms with Gasteiger partial charge in [-0.15, -0.1) is 0 Å². The Morgan fingerprint density at radius 2 is 1.78 bits per heavy atom. The second-order valence-electron chi connectivity index (χ2n) is 6.38. The monoisotopic (exact) mass is 338 g/mol. The number of hydrogen-bond acceptors (Lipinski definition) is 5. The van der Waals surface area contributed by atoms with Gasteiger partial charge in [0.05, 0.1) is 0 Å². The summed E-state index contributed by atoms with van der Waals surface area (Å²) in [6.45, 7) is 9.26. The zero-order valence-electron chi connectivity index (χ0n) is 14.5. The summed E-state index contributed by atoms with van der Waals surface area (Å²) in [6.07, 6.45) is 0.707. The summed E-state index contributed by atoms with van der Waals surface area (Å²) >= 11 is 1.36. The van der Waals surface area contributed by atoms with Gasteiger partial charge < -0.3 is 9.47 Å². The fourth-order valence-corrected chi connectivity index (χ4v) is 2.61. The van der Waals surface area contributed by atoms with Crippen molar-refractivity contribution >= 4 is 22.8 Å². The van der Waals surface area contributed by atoms with E-state index < -0.39 is 11.6 Å². The van der Waals surface area contributed by atoms with Crippen molar-refractivity contribution in [3.63, 3.8) is 0 Å². The van der Waals surface area contributed by atoms with Crippen molar-refractivity contribution in [1.29, 1.82) is 0 Å². The van der Waals surface area contributed by atoms with Crippen LogP contribution in [0.3, 0.4) is 0 Å². The lowest BCUT2D eigenvalue weighted by molar-refractivity contribution is -0.157. The van der Waals surface area contributed by atoms with E-state index >= 15 is 0 Å². The van der Waals surface area contributed by atoms with Crippen molar-refractivity contribution in [3.05, 3.63) is 29.8 Å². The molecule has 0 aromatic heterocycles. The van der Waals surface area contributed by atoms with Gasteiger partial charge in [0.1, 0.15) is 11.4 Å². The molecule has 0 aliphatic heterocycles. The highest BCUT2D eigenvalue weighted by Gasteiger charge is 2.17. The molecule has 23 heavy (non-hydrogen) atoms. The first-order valence-corrected chi connectivity index (χ1v) is 8.80. The van der Waals surface area contributed by atoms with Crippen molar-refractivity contribution in [1.82, 2.24) is 0 Å². The van der Waals surface area contributed by atoms with Gasteiger partial charge in [-0.2, -0.15) is 0 Å². The SMILES string of the molecule is CCSC(=O)C(C)Cc1ccc(OCC(=O)OC(C)(C)C)cc1. The van der Waals surface area contributed by atoms with Crippen LogP contribution in [0.2, 0.25) is 0 Å². The molecule has 0 saturated carbocycles. The van der Waals surface area contributed by atoms with Gasteiger partial charge in [0.15, 0.2) is 11.7 Å². The third kappa shape index (κ3) is 8.07. The van der Waals surface area contributed by atoms with Crippen LogP contribution in [0.4, 0.5) is 0 Å². The van der Waals surface area contributed by atoms with Crippen LogP contribution in [-0.2, 0) is 20.7 Å². The molecule has 5 heteroatoms. The molecule has 0 aliphatic carbocycles. The Hall–Kier alpha value is -1.49. The van der Waals surface area contributed by atoms with E-state index in [1.165, 1.54) is 11.8 Å². The van der Waals surface area contributed by atoms with E-state index in [1.54, 1.807) is 0 Å². The molecule has 1 aromatic rings. The number of carbonyl (C=O) groups is 2. The molecule has 0 spiro atoms. The molecule has 0 saturated heterocycles. The Labute approximate surface area is 142 Å². The maximum absolute atomic E-state index is 11.8. The molecule has 0 fully saturated rings. The Kier molecular flexibility index (Phi) is 7.62. The van der Waals surface area contributed by atoms with Crippen molar-refractivity contribution < 1.29 is 19.1 Å². The summed E-state index contributed by atoms with van der Waals surface area (Å²) < 4.78 is 10.6. The molecule has 128 valence electrons. The predicted molar refractivity (Wildman–Crippen MR) is 93.8 cm³/mol. The van der Waals surface area contributed by atoms with Gasteiger partial charge in [-0.1, -0.05) is 37.7 Å². The largest absolute Gasteiger partial charge is 0.482 e. The number of ether oxygens (including phenoxy) is 2. The first kappa shape index (κ1) is 19.6. The number of thioether (sulfide) groups is 1. The molecule has 0 bridgehead atoms. The highest BCUT2D eigenvalue weighted by Crippen LogP contribution is 2.19. The van der Waals surface area contributed by atoms with Gasteiger partial charge >= 0.3 is 5.97 Å². The van der Waals surface area contributed by atoms with Crippen LogP contribution in [0.25, 0.3) is 0 Å². The third-order valence-corrected chi connectivity index (χ3v) is 3.91. The number of esters is 1. The molecule has 4 nitrogen and oxygen atoms in total. The first-order chi connectivity index (χ1) is 10.7. The standard InChI is InChI=1S/C18H26O4S/c1-6-23-17(20)13(2)11-14-7-9-15(10-8-14)21-12-16(19)22-18(3,4)5/h7-10,13H,6,11-12H2,1-5H3. The van der Waals surface area contributed by atoms with E-state index in [4.69, 9.17) is 9.47 Å². The Morgan fingerprint density at radius 3 is 2.30 bits per heavy atom. The summed E-state index contributed by atoms with van der Waals surface area (Å²) in [5.74, 6) is 1.02. The number of benzene rings is 1. The molecular formula is C18H26O4S. The van der Waals surface area contributed by atoms with Crippen LogP contribution in [0, 0.1) is 5.92 Å². The summed E-state index contributed by atoms with van der Waals surface area (Å²) in [4.78, 5) is 23.4. The second kappa shape index (κ2) is 8.96. The quantitative estimate of drug-likeness (QED) is 0.707. The highest BCUT2D eigenvalue weighted by molar-refractivity contribution is 8.13. The Bertz CT molecular complexity index is 517. The Morgan fingerprint density at radius 1 is 1.17 bits per heavy atom. The zero-order valence-corrected chi connectivity index (χ0v) is 15.4. The van der Waals surface area contributed by atoms with Crippen LogP contribution >= 0.6 is 11.8 Å². The van der Waals surface area contributed by atoms with E-state index in [-0.39, 0.29) is 17.6 Å². The molecule has 1 unspecified atom stereocenters. The fraction of sp³-hybridized carbons (Fsp3) is 0.556. The van der Waals surface area contributed by atoms with Crippen LogP contribution < -0.4 is 4.74 Å². The number of carbonyl (C=O) groups excluding carboxylic acids is 2. The minimum absolute atomic E-state index is 0.00604. The first-order valence-electron chi connectivity index (χ1n) is 7.81. The zero-order chi connectivity index (χ0) is 17.5. The number of hydrogen-bond donors (Lipinski definition) is 0.